The van der Waals surface area contributed by atoms with Crippen molar-refractivity contribution in [2.45, 2.75) is 76.0 Å². The summed E-state index contributed by atoms with van der Waals surface area (Å²) in [6.07, 6.45) is -1.59. The van der Waals surface area contributed by atoms with Crippen molar-refractivity contribution >= 4 is 16.0 Å². The Morgan fingerprint density at radius 3 is 2.41 bits per heavy atom. The number of rotatable bonds is 13. The lowest BCUT2D eigenvalue weighted by Gasteiger charge is -2.34. The zero-order valence-corrected chi connectivity index (χ0v) is 24.9. The van der Waals surface area contributed by atoms with Crippen LogP contribution in [0.5, 0.6) is 0 Å². The van der Waals surface area contributed by atoms with Gasteiger partial charge in [-0.05, 0) is 42.0 Å². The Hall–Kier alpha value is -2.34. The molecular formula is C31H43NO8S. The van der Waals surface area contributed by atoms with Crippen LogP contribution in [0.1, 0.15) is 44.7 Å². The molecule has 0 aromatic heterocycles. The number of hydrogen-bond donors (Lipinski definition) is 2. The number of esters is 1. The highest BCUT2D eigenvalue weighted by molar-refractivity contribution is 7.89. The highest BCUT2D eigenvalue weighted by Crippen LogP contribution is 2.33. The number of benzene rings is 2. The molecule has 2 saturated heterocycles. The minimum absolute atomic E-state index is 0.0194. The van der Waals surface area contributed by atoms with Crippen LogP contribution < -0.4 is 0 Å². The molecule has 4 rings (SSSR count). The fourth-order valence-electron chi connectivity index (χ4n) is 5.58. The van der Waals surface area contributed by atoms with Gasteiger partial charge in [-0.25, -0.2) is 8.42 Å². The molecule has 2 aromatic carbocycles. The van der Waals surface area contributed by atoms with Crippen molar-refractivity contribution in [1.82, 2.24) is 4.31 Å². The number of aryl methyl sites for hydroxylation is 1. The zero-order chi connectivity index (χ0) is 29.6. The summed E-state index contributed by atoms with van der Waals surface area (Å²) in [5.41, 5.74) is 1.96. The summed E-state index contributed by atoms with van der Waals surface area (Å²) in [6, 6.07) is 16.3. The molecule has 10 heteroatoms. The Labute approximate surface area is 243 Å². The Morgan fingerprint density at radius 1 is 1.05 bits per heavy atom. The van der Waals surface area contributed by atoms with E-state index >= 15 is 0 Å². The fraction of sp³-hybridized carbons (Fsp3) is 0.581. The maximum atomic E-state index is 13.7. The normalized spacial score (nSPS) is 24.3. The molecule has 2 N–H and O–H groups in total. The topological polar surface area (TPSA) is 123 Å². The van der Waals surface area contributed by atoms with Crippen LogP contribution in [0.3, 0.4) is 0 Å². The summed E-state index contributed by atoms with van der Waals surface area (Å²) < 4.78 is 45.5. The molecule has 41 heavy (non-hydrogen) atoms. The Bertz CT molecular complexity index is 1220. The van der Waals surface area contributed by atoms with Crippen molar-refractivity contribution in [3.05, 3.63) is 65.7 Å². The summed E-state index contributed by atoms with van der Waals surface area (Å²) in [6.45, 7) is 6.40. The maximum absolute atomic E-state index is 13.7. The number of sulfonamides is 1. The lowest BCUT2D eigenvalue weighted by atomic mass is 9.90. The largest absolute Gasteiger partial charge is 0.462 e. The molecule has 2 heterocycles. The number of nitrogens with zero attached hydrogens (tertiary/aromatic N) is 1. The van der Waals surface area contributed by atoms with Crippen molar-refractivity contribution in [3.8, 4) is 0 Å². The fourth-order valence-corrected chi connectivity index (χ4v) is 7.21. The van der Waals surface area contributed by atoms with Gasteiger partial charge < -0.3 is 24.4 Å². The summed E-state index contributed by atoms with van der Waals surface area (Å²) in [5.74, 6) is -1.55. The molecule has 0 amide bonds. The van der Waals surface area contributed by atoms with Crippen LogP contribution in [0.25, 0.3) is 0 Å². The third-order valence-corrected chi connectivity index (χ3v) is 9.67. The SMILES string of the molecule is CCc1ccc(S(=O)(=O)N(CC(C)C)C[C@@H](O)[C@@H](CC(=O)O[C@H]2CCO[C@H]3OC[C@H](O)[C@H]32)Cc2ccccc2)cc1. The van der Waals surface area contributed by atoms with Crippen molar-refractivity contribution < 1.29 is 37.6 Å². The van der Waals surface area contributed by atoms with E-state index in [0.717, 1.165) is 17.5 Å². The first kappa shape index (κ1) is 31.6. The van der Waals surface area contributed by atoms with Gasteiger partial charge in [0, 0.05) is 25.4 Å². The molecule has 2 aromatic rings. The van der Waals surface area contributed by atoms with Gasteiger partial charge in [-0.2, -0.15) is 4.31 Å². The number of carbonyl (C=O) groups is 1. The van der Waals surface area contributed by atoms with E-state index < -0.39 is 52.4 Å². The van der Waals surface area contributed by atoms with Gasteiger partial charge in [0.2, 0.25) is 10.0 Å². The number of carbonyl (C=O) groups excluding carboxylic acids is 1. The average molecular weight is 590 g/mol. The minimum atomic E-state index is -3.89. The zero-order valence-electron chi connectivity index (χ0n) is 24.1. The van der Waals surface area contributed by atoms with E-state index in [2.05, 4.69) is 0 Å². The Kier molecular flexibility index (Phi) is 11.0. The van der Waals surface area contributed by atoms with Crippen LogP contribution in [-0.2, 0) is 41.9 Å². The number of fused-ring (bicyclic) bond motifs is 1. The van der Waals surface area contributed by atoms with Gasteiger partial charge in [0.1, 0.15) is 6.10 Å². The van der Waals surface area contributed by atoms with Crippen LogP contribution in [0.15, 0.2) is 59.5 Å². The van der Waals surface area contributed by atoms with Crippen molar-refractivity contribution in [2.24, 2.45) is 17.8 Å². The van der Waals surface area contributed by atoms with Crippen LogP contribution in [0, 0.1) is 17.8 Å². The molecule has 226 valence electrons. The molecule has 0 radical (unpaired) electrons. The quantitative estimate of drug-likeness (QED) is 0.342. The van der Waals surface area contributed by atoms with E-state index in [0.29, 0.717) is 19.4 Å². The van der Waals surface area contributed by atoms with Gasteiger partial charge in [-0.3, -0.25) is 4.79 Å². The molecule has 6 atom stereocenters. The molecular weight excluding hydrogens is 546 g/mol. The molecule has 2 aliphatic rings. The number of aliphatic hydroxyl groups excluding tert-OH is 2. The summed E-state index contributed by atoms with van der Waals surface area (Å²) in [7, 11) is -3.89. The minimum Gasteiger partial charge on any atom is -0.462 e. The summed E-state index contributed by atoms with van der Waals surface area (Å²) in [5, 5.41) is 21.8. The molecule has 9 nitrogen and oxygen atoms in total. The monoisotopic (exact) mass is 589 g/mol. The second-order valence-corrected chi connectivity index (χ2v) is 13.4. The maximum Gasteiger partial charge on any atom is 0.306 e. The standard InChI is InChI=1S/C31H43NO8S/c1-4-22-10-12-25(13-11-22)41(36,37)32(18-21(2)3)19-26(33)24(16-23-8-6-5-7-9-23)17-29(35)40-28-14-15-38-31-30(28)27(34)20-39-31/h5-13,21,24,26-28,30-31,33-34H,4,14-20H2,1-3H3/t24-,26-,27+,28+,30+,31+/m1/s1. The Balaban J connectivity index is 1.52. The van der Waals surface area contributed by atoms with E-state index in [-0.39, 0.29) is 36.9 Å². The van der Waals surface area contributed by atoms with Crippen molar-refractivity contribution in [3.63, 3.8) is 0 Å². The van der Waals surface area contributed by atoms with Crippen LogP contribution in [0.4, 0.5) is 0 Å². The summed E-state index contributed by atoms with van der Waals surface area (Å²) >= 11 is 0. The van der Waals surface area contributed by atoms with Gasteiger partial charge >= 0.3 is 5.97 Å². The van der Waals surface area contributed by atoms with Gasteiger partial charge in [-0.15, -0.1) is 0 Å². The third-order valence-electron chi connectivity index (χ3n) is 7.83. The summed E-state index contributed by atoms with van der Waals surface area (Å²) in [4.78, 5) is 13.4. The van der Waals surface area contributed by atoms with E-state index in [1.807, 2.05) is 51.1 Å². The first-order chi connectivity index (χ1) is 19.6. The van der Waals surface area contributed by atoms with Gasteiger partial charge in [-0.1, -0.05) is 63.2 Å². The number of hydrogen-bond acceptors (Lipinski definition) is 8. The second-order valence-electron chi connectivity index (χ2n) is 11.5. The van der Waals surface area contributed by atoms with Gasteiger partial charge in [0.15, 0.2) is 6.29 Å². The first-order valence-electron chi connectivity index (χ1n) is 14.5. The second kappa shape index (κ2) is 14.2. The average Bonchev–Trinajstić information content (AvgIpc) is 3.34. The van der Waals surface area contributed by atoms with E-state index in [1.165, 1.54) is 4.31 Å². The molecule has 0 unspecified atom stereocenters. The lowest BCUT2D eigenvalue weighted by Crippen LogP contribution is -2.45. The molecule has 0 aliphatic carbocycles. The van der Waals surface area contributed by atoms with E-state index in [1.54, 1.807) is 24.3 Å². The van der Waals surface area contributed by atoms with Crippen LogP contribution >= 0.6 is 0 Å². The van der Waals surface area contributed by atoms with Gasteiger partial charge in [0.05, 0.1) is 42.7 Å². The smallest absolute Gasteiger partial charge is 0.306 e. The predicted molar refractivity (Wildman–Crippen MR) is 153 cm³/mol. The molecule has 0 bridgehead atoms. The van der Waals surface area contributed by atoms with E-state index in [9.17, 15) is 23.4 Å². The first-order valence-corrected chi connectivity index (χ1v) is 15.9. The molecule has 2 aliphatic heterocycles. The number of ether oxygens (including phenoxy) is 3. The Morgan fingerprint density at radius 2 is 1.76 bits per heavy atom. The highest BCUT2D eigenvalue weighted by Gasteiger charge is 2.47. The molecule has 0 spiro atoms. The molecule has 0 saturated carbocycles. The van der Waals surface area contributed by atoms with Crippen LogP contribution in [-0.4, -0.2) is 79.8 Å². The van der Waals surface area contributed by atoms with Crippen molar-refractivity contribution in [2.75, 3.05) is 26.3 Å². The van der Waals surface area contributed by atoms with E-state index in [4.69, 9.17) is 14.2 Å². The lowest BCUT2D eigenvalue weighted by molar-refractivity contribution is -0.199. The van der Waals surface area contributed by atoms with Crippen molar-refractivity contribution in [1.29, 1.82) is 0 Å². The predicted octanol–water partition coefficient (Wildman–Crippen LogP) is 3.17. The number of aliphatic hydroxyl groups is 2. The van der Waals surface area contributed by atoms with Crippen LogP contribution in [0.2, 0.25) is 0 Å². The third kappa shape index (κ3) is 8.15. The van der Waals surface area contributed by atoms with Gasteiger partial charge in [0.25, 0.3) is 0 Å². The molecule has 2 fully saturated rings. The highest BCUT2D eigenvalue weighted by atomic mass is 32.2.